The predicted molar refractivity (Wildman–Crippen MR) is 71.6 cm³/mol. The van der Waals surface area contributed by atoms with Crippen molar-refractivity contribution in [3.8, 4) is 0 Å². The topological polar surface area (TPSA) is 64.3 Å². The molecule has 100 valence electrons. The Morgan fingerprint density at radius 2 is 2.11 bits per heavy atom. The molecule has 2 unspecified atom stereocenters. The summed E-state index contributed by atoms with van der Waals surface area (Å²) >= 11 is 0. The van der Waals surface area contributed by atoms with Gasteiger partial charge in [0, 0.05) is 25.8 Å². The molecule has 1 aliphatic rings. The number of ether oxygens (including phenoxy) is 1. The summed E-state index contributed by atoms with van der Waals surface area (Å²) in [6.45, 7) is 7.42. The molecular weight excluding hydrogens is 228 g/mol. The van der Waals surface area contributed by atoms with Crippen LogP contribution in [-0.4, -0.2) is 36.0 Å². The predicted octanol–water partition coefficient (Wildman–Crippen LogP) is 1.17. The van der Waals surface area contributed by atoms with Gasteiger partial charge in [-0.1, -0.05) is 0 Å². The van der Waals surface area contributed by atoms with Crippen molar-refractivity contribution in [3.63, 3.8) is 0 Å². The Morgan fingerprint density at radius 3 is 2.67 bits per heavy atom. The van der Waals surface area contributed by atoms with Crippen molar-refractivity contribution in [1.29, 1.82) is 0 Å². The van der Waals surface area contributed by atoms with Crippen molar-refractivity contribution in [1.82, 2.24) is 10.2 Å². The fourth-order valence-electron chi connectivity index (χ4n) is 2.56. The zero-order valence-electron chi connectivity index (χ0n) is 11.6. The number of anilines is 1. The minimum atomic E-state index is 0.226. The van der Waals surface area contributed by atoms with E-state index in [1.165, 1.54) is 0 Å². The number of hydrogen-bond acceptors (Lipinski definition) is 5. The molecule has 1 aromatic heterocycles. The van der Waals surface area contributed by atoms with Gasteiger partial charge in [-0.2, -0.15) is 5.10 Å². The fraction of sp³-hybridized carbons (Fsp3) is 0.692. The van der Waals surface area contributed by atoms with Crippen LogP contribution in [0.15, 0.2) is 0 Å². The van der Waals surface area contributed by atoms with Gasteiger partial charge in [0.2, 0.25) is 0 Å². The molecule has 5 nitrogen and oxygen atoms in total. The van der Waals surface area contributed by atoms with E-state index in [4.69, 9.17) is 10.5 Å². The lowest BCUT2D eigenvalue weighted by atomic mass is 10.1. The van der Waals surface area contributed by atoms with Crippen LogP contribution in [0.3, 0.4) is 0 Å². The van der Waals surface area contributed by atoms with Gasteiger partial charge in [0.15, 0.2) is 5.82 Å². The molecule has 2 rings (SSSR count). The summed E-state index contributed by atoms with van der Waals surface area (Å²) in [6.07, 6.45) is 1.25. The second kappa shape index (κ2) is 5.20. The molecule has 0 spiro atoms. The van der Waals surface area contributed by atoms with Crippen molar-refractivity contribution in [2.75, 3.05) is 18.6 Å². The lowest BCUT2D eigenvalue weighted by Crippen LogP contribution is -2.38. The maximum atomic E-state index is 5.87. The number of rotatable bonds is 3. The quantitative estimate of drug-likeness (QED) is 0.872. The minimum Gasteiger partial charge on any atom is -0.376 e. The molecule has 0 aliphatic carbocycles. The number of nitrogens with zero attached hydrogens (tertiary/aromatic N) is 3. The normalized spacial score (nSPS) is 23.4. The molecule has 0 radical (unpaired) electrons. The Morgan fingerprint density at radius 1 is 1.39 bits per heavy atom. The summed E-state index contributed by atoms with van der Waals surface area (Å²) < 4.78 is 5.61. The number of aromatic nitrogens is 2. The third-order valence-corrected chi connectivity index (χ3v) is 3.93. The molecule has 0 amide bonds. The molecule has 2 heterocycles. The molecule has 0 aromatic carbocycles. The van der Waals surface area contributed by atoms with Gasteiger partial charge < -0.3 is 15.4 Å². The molecular formula is C13H22N4O. The summed E-state index contributed by atoms with van der Waals surface area (Å²) in [5.74, 6) is 0.892. The number of likely N-dealkylation sites (N-methyl/N-ethyl adjacent to an activating group) is 1. The van der Waals surface area contributed by atoms with Crippen LogP contribution in [-0.2, 0) is 11.3 Å². The van der Waals surface area contributed by atoms with Gasteiger partial charge in [-0.15, -0.1) is 5.10 Å². The third kappa shape index (κ3) is 2.20. The largest absolute Gasteiger partial charge is 0.376 e. The number of aryl methyl sites for hydroxylation is 1. The first-order chi connectivity index (χ1) is 8.56. The Bertz CT molecular complexity index is 435. The van der Waals surface area contributed by atoms with Crippen LogP contribution < -0.4 is 10.6 Å². The Labute approximate surface area is 108 Å². The van der Waals surface area contributed by atoms with Crippen molar-refractivity contribution in [2.24, 2.45) is 5.73 Å². The molecule has 18 heavy (non-hydrogen) atoms. The molecule has 2 atom stereocenters. The minimum absolute atomic E-state index is 0.226. The molecule has 0 bridgehead atoms. The summed E-state index contributed by atoms with van der Waals surface area (Å²) in [5, 5.41) is 8.55. The van der Waals surface area contributed by atoms with Crippen LogP contribution in [0.25, 0.3) is 0 Å². The van der Waals surface area contributed by atoms with Gasteiger partial charge in [0.1, 0.15) is 0 Å². The van der Waals surface area contributed by atoms with Crippen LogP contribution in [0, 0.1) is 13.8 Å². The summed E-state index contributed by atoms with van der Waals surface area (Å²) in [4.78, 5) is 2.17. The molecule has 1 fully saturated rings. The molecule has 5 heteroatoms. The van der Waals surface area contributed by atoms with E-state index in [1.807, 2.05) is 14.0 Å². The fourth-order valence-corrected chi connectivity index (χ4v) is 2.56. The van der Waals surface area contributed by atoms with Crippen molar-refractivity contribution in [2.45, 2.75) is 45.9 Å². The van der Waals surface area contributed by atoms with Crippen LogP contribution in [0.2, 0.25) is 0 Å². The van der Waals surface area contributed by atoms with Crippen molar-refractivity contribution >= 4 is 5.82 Å². The van der Waals surface area contributed by atoms with E-state index in [2.05, 4.69) is 28.9 Å². The van der Waals surface area contributed by atoms with E-state index < -0.39 is 0 Å². The van der Waals surface area contributed by atoms with E-state index in [9.17, 15) is 0 Å². The zero-order valence-corrected chi connectivity index (χ0v) is 11.6. The number of hydrogen-bond donors (Lipinski definition) is 1. The lowest BCUT2D eigenvalue weighted by molar-refractivity contribution is 0.118. The second-order valence-corrected chi connectivity index (χ2v) is 4.96. The Kier molecular flexibility index (Phi) is 3.82. The van der Waals surface area contributed by atoms with Crippen molar-refractivity contribution in [3.05, 3.63) is 16.8 Å². The van der Waals surface area contributed by atoms with E-state index >= 15 is 0 Å². The van der Waals surface area contributed by atoms with Crippen LogP contribution in [0.1, 0.15) is 30.2 Å². The van der Waals surface area contributed by atoms with E-state index in [-0.39, 0.29) is 6.10 Å². The molecule has 1 aromatic rings. The van der Waals surface area contributed by atoms with E-state index in [0.29, 0.717) is 12.6 Å². The van der Waals surface area contributed by atoms with Gasteiger partial charge in [0.05, 0.1) is 17.8 Å². The Hall–Kier alpha value is -1.20. The third-order valence-electron chi connectivity index (χ3n) is 3.93. The highest BCUT2D eigenvalue weighted by molar-refractivity contribution is 5.51. The molecule has 1 aliphatic heterocycles. The summed E-state index contributed by atoms with van der Waals surface area (Å²) in [5.41, 5.74) is 9.04. The smallest absolute Gasteiger partial charge is 0.156 e. The van der Waals surface area contributed by atoms with Crippen molar-refractivity contribution < 1.29 is 4.74 Å². The van der Waals surface area contributed by atoms with Gasteiger partial charge >= 0.3 is 0 Å². The molecule has 2 N–H and O–H groups in total. The average Bonchev–Trinajstić information content (AvgIpc) is 2.78. The van der Waals surface area contributed by atoms with Crippen LogP contribution >= 0.6 is 0 Å². The van der Waals surface area contributed by atoms with Gasteiger partial charge in [-0.3, -0.25) is 0 Å². The van der Waals surface area contributed by atoms with Crippen LogP contribution in [0.4, 0.5) is 5.82 Å². The maximum Gasteiger partial charge on any atom is 0.156 e. The zero-order chi connectivity index (χ0) is 13.3. The van der Waals surface area contributed by atoms with Gasteiger partial charge in [-0.05, 0) is 32.8 Å². The molecule has 1 saturated heterocycles. The maximum absolute atomic E-state index is 5.87. The van der Waals surface area contributed by atoms with Crippen LogP contribution in [0.5, 0.6) is 0 Å². The Balaban J connectivity index is 2.35. The van der Waals surface area contributed by atoms with Gasteiger partial charge in [-0.25, -0.2) is 0 Å². The summed E-state index contributed by atoms with van der Waals surface area (Å²) in [7, 11) is 2.05. The lowest BCUT2D eigenvalue weighted by Gasteiger charge is -2.29. The highest BCUT2D eigenvalue weighted by Crippen LogP contribution is 2.27. The first-order valence-corrected chi connectivity index (χ1v) is 6.43. The SMILES string of the molecule is Cc1nnc(N(C)C2CCOC2C)c(CN)c1C. The van der Waals surface area contributed by atoms with E-state index in [1.54, 1.807) is 0 Å². The first-order valence-electron chi connectivity index (χ1n) is 6.43. The average molecular weight is 250 g/mol. The monoisotopic (exact) mass is 250 g/mol. The second-order valence-electron chi connectivity index (χ2n) is 4.96. The highest BCUT2D eigenvalue weighted by Gasteiger charge is 2.30. The van der Waals surface area contributed by atoms with E-state index in [0.717, 1.165) is 35.7 Å². The highest BCUT2D eigenvalue weighted by atomic mass is 16.5. The molecule has 0 saturated carbocycles. The summed E-state index contributed by atoms with van der Waals surface area (Å²) in [6, 6.07) is 0.353. The first kappa shape index (κ1) is 13.2. The number of nitrogens with two attached hydrogens (primary N) is 1. The van der Waals surface area contributed by atoms with Gasteiger partial charge in [0.25, 0.3) is 0 Å². The standard InChI is InChI=1S/C13H22N4O/c1-8-9(2)15-16-13(11(8)7-14)17(4)12-5-6-18-10(12)3/h10,12H,5-7,14H2,1-4H3.